The maximum absolute atomic E-state index is 14.6. The number of rotatable bonds is 22. The summed E-state index contributed by atoms with van der Waals surface area (Å²) in [5.41, 5.74) is -1.75. The molecule has 0 unspecified atom stereocenters. The van der Waals surface area contributed by atoms with Crippen LogP contribution >= 0.6 is 0 Å². The lowest BCUT2D eigenvalue weighted by Gasteiger charge is -2.39. The number of hydrogen-bond donors (Lipinski definition) is 6. The standard InChI is InChI=1S/C47H76N6O9/c1-30(2)25-35(39(54)48-38(28-33(7)8)42(57)53-47(44(59)61-9)23-17-12-18-24-47)50-43(58)46(21-15-11-16-22-46)52-41(56)37(27-32(5)6)49-40(55)36(26-31(3)4)51-45(60)62-29-34-19-13-10-14-20-34/h10,13-14,19-20,30-33,35-38H,11-12,15-18,21-29H2,1-9H3,(H,48,54)(H,49,55)(H,50,58)(H,51,60)(H,52,56)(H,53,57)/t35-,36-,37-,38-/m0/s1. The fourth-order valence-corrected chi connectivity index (χ4v) is 8.50. The lowest BCUT2D eigenvalue weighted by atomic mass is 9.80. The molecule has 2 aliphatic rings. The SMILES string of the molecule is COC(=O)C1(NC(=O)[C@H](CC(C)C)NC(=O)[C@H](CC(C)C)NC(=O)C2(NC(=O)[C@H](CC(C)C)NC(=O)[C@H](CC(C)C)NC(=O)OCc3ccccc3)CCCCC2)CCCCC1. The van der Waals surface area contributed by atoms with Crippen LogP contribution in [0.5, 0.6) is 0 Å². The second-order valence-corrected chi connectivity index (χ2v) is 19.2. The fraction of sp³-hybridized carbons (Fsp3) is 0.723. The predicted molar refractivity (Wildman–Crippen MR) is 237 cm³/mol. The average Bonchev–Trinajstić information content (AvgIpc) is 3.21. The molecule has 0 heterocycles. The zero-order valence-electron chi connectivity index (χ0n) is 38.8. The van der Waals surface area contributed by atoms with Crippen molar-refractivity contribution in [3.63, 3.8) is 0 Å². The summed E-state index contributed by atoms with van der Waals surface area (Å²) in [7, 11) is 1.30. The van der Waals surface area contributed by atoms with Crippen molar-refractivity contribution in [2.24, 2.45) is 23.7 Å². The topological polar surface area (TPSA) is 210 Å². The summed E-state index contributed by atoms with van der Waals surface area (Å²) >= 11 is 0. The average molecular weight is 869 g/mol. The molecule has 6 N–H and O–H groups in total. The van der Waals surface area contributed by atoms with Crippen LogP contribution in [-0.4, -0.2) is 84.0 Å². The van der Waals surface area contributed by atoms with E-state index in [0.717, 1.165) is 31.2 Å². The van der Waals surface area contributed by atoms with E-state index in [1.807, 2.05) is 85.7 Å². The van der Waals surface area contributed by atoms with Gasteiger partial charge in [0.05, 0.1) is 7.11 Å². The smallest absolute Gasteiger partial charge is 0.408 e. The predicted octanol–water partition coefficient (Wildman–Crippen LogP) is 5.73. The summed E-state index contributed by atoms with van der Waals surface area (Å²) in [5, 5.41) is 17.4. The number of carbonyl (C=O) groups is 7. The summed E-state index contributed by atoms with van der Waals surface area (Å²) in [4.78, 5) is 96.7. The van der Waals surface area contributed by atoms with E-state index in [-0.39, 0.29) is 43.1 Å². The minimum Gasteiger partial charge on any atom is -0.467 e. The van der Waals surface area contributed by atoms with Gasteiger partial charge in [-0.3, -0.25) is 24.0 Å². The summed E-state index contributed by atoms with van der Waals surface area (Å²) in [6.07, 6.45) is 6.47. The first-order valence-electron chi connectivity index (χ1n) is 22.9. The Labute approximate surface area is 369 Å². The molecule has 0 aliphatic heterocycles. The number of benzene rings is 1. The van der Waals surface area contributed by atoms with Crippen molar-refractivity contribution in [1.29, 1.82) is 0 Å². The molecule has 1 aromatic carbocycles. The molecule has 3 rings (SSSR count). The van der Waals surface area contributed by atoms with Gasteiger partial charge in [-0.1, -0.05) is 124 Å². The van der Waals surface area contributed by atoms with Crippen molar-refractivity contribution < 1.29 is 43.0 Å². The molecule has 6 amide bonds. The van der Waals surface area contributed by atoms with Crippen LogP contribution in [0.25, 0.3) is 0 Å². The van der Waals surface area contributed by atoms with Gasteiger partial charge in [-0.05, 0) is 80.6 Å². The number of carbonyl (C=O) groups excluding carboxylic acids is 7. The number of methoxy groups -OCH3 is 1. The summed E-state index contributed by atoms with van der Waals surface area (Å²) < 4.78 is 10.5. The largest absolute Gasteiger partial charge is 0.467 e. The number of alkyl carbamates (subject to hydrolysis) is 1. The van der Waals surface area contributed by atoms with Crippen molar-refractivity contribution >= 4 is 41.6 Å². The van der Waals surface area contributed by atoms with Crippen molar-refractivity contribution in [1.82, 2.24) is 31.9 Å². The zero-order chi connectivity index (χ0) is 46.0. The lowest BCUT2D eigenvalue weighted by molar-refractivity contribution is -0.153. The van der Waals surface area contributed by atoms with Crippen LogP contribution in [0.2, 0.25) is 0 Å². The quantitative estimate of drug-likeness (QED) is 0.0785. The molecule has 1 aromatic rings. The Morgan fingerprint density at radius 3 is 1.32 bits per heavy atom. The minimum atomic E-state index is -1.37. The maximum atomic E-state index is 14.6. The van der Waals surface area contributed by atoms with Gasteiger partial charge in [0.15, 0.2) is 0 Å². The van der Waals surface area contributed by atoms with E-state index >= 15 is 0 Å². The van der Waals surface area contributed by atoms with E-state index in [4.69, 9.17) is 9.47 Å². The van der Waals surface area contributed by atoms with E-state index in [9.17, 15) is 33.6 Å². The van der Waals surface area contributed by atoms with Gasteiger partial charge in [0.2, 0.25) is 29.5 Å². The third-order valence-corrected chi connectivity index (χ3v) is 11.7. The maximum Gasteiger partial charge on any atom is 0.408 e. The highest BCUT2D eigenvalue weighted by molar-refractivity contribution is 5.98. The van der Waals surface area contributed by atoms with Gasteiger partial charge < -0.3 is 41.4 Å². The number of nitrogens with one attached hydrogen (secondary N) is 6. The van der Waals surface area contributed by atoms with E-state index in [1.165, 1.54) is 7.11 Å². The molecule has 15 nitrogen and oxygen atoms in total. The Kier molecular flexibility index (Phi) is 20.7. The van der Waals surface area contributed by atoms with Gasteiger partial charge in [-0.2, -0.15) is 0 Å². The van der Waals surface area contributed by atoms with E-state index < -0.39 is 76.8 Å². The van der Waals surface area contributed by atoms with Crippen LogP contribution in [0.3, 0.4) is 0 Å². The van der Waals surface area contributed by atoms with Crippen LogP contribution in [-0.2, 0) is 44.8 Å². The van der Waals surface area contributed by atoms with Gasteiger partial charge in [-0.15, -0.1) is 0 Å². The minimum absolute atomic E-state index is 0.00881. The molecule has 348 valence electrons. The van der Waals surface area contributed by atoms with E-state index in [0.29, 0.717) is 51.4 Å². The summed E-state index contributed by atoms with van der Waals surface area (Å²) in [6.45, 7) is 15.4. The Morgan fingerprint density at radius 2 is 0.903 bits per heavy atom. The van der Waals surface area contributed by atoms with Gasteiger partial charge in [-0.25, -0.2) is 9.59 Å². The Bertz CT molecular complexity index is 1640. The highest BCUT2D eigenvalue weighted by atomic mass is 16.5. The zero-order valence-corrected chi connectivity index (χ0v) is 38.8. The van der Waals surface area contributed by atoms with E-state index in [2.05, 4.69) is 31.9 Å². The van der Waals surface area contributed by atoms with Gasteiger partial charge in [0.1, 0.15) is 41.9 Å². The van der Waals surface area contributed by atoms with Crippen LogP contribution < -0.4 is 31.9 Å². The molecule has 0 radical (unpaired) electrons. The first kappa shape index (κ1) is 51.7. The van der Waals surface area contributed by atoms with Crippen LogP contribution in [0.4, 0.5) is 4.79 Å². The third kappa shape index (κ3) is 16.2. The molecule has 0 spiro atoms. The highest BCUT2D eigenvalue weighted by Crippen LogP contribution is 2.31. The van der Waals surface area contributed by atoms with Crippen LogP contribution in [0.1, 0.15) is 151 Å². The third-order valence-electron chi connectivity index (χ3n) is 11.7. The van der Waals surface area contributed by atoms with Crippen molar-refractivity contribution in [2.45, 2.75) is 187 Å². The Balaban J connectivity index is 1.82. The van der Waals surface area contributed by atoms with Crippen molar-refractivity contribution in [3.05, 3.63) is 35.9 Å². The molecule has 2 fully saturated rings. The van der Waals surface area contributed by atoms with Crippen molar-refractivity contribution in [3.8, 4) is 0 Å². The first-order chi connectivity index (χ1) is 29.3. The van der Waals surface area contributed by atoms with Crippen LogP contribution in [0, 0.1) is 23.7 Å². The van der Waals surface area contributed by atoms with Gasteiger partial charge in [0, 0.05) is 0 Å². The Hall–Kier alpha value is -4.69. The summed E-state index contributed by atoms with van der Waals surface area (Å²) in [6, 6.07) is 5.13. The number of ether oxygens (including phenoxy) is 2. The van der Waals surface area contributed by atoms with Gasteiger partial charge in [0.25, 0.3) is 0 Å². The number of hydrogen-bond acceptors (Lipinski definition) is 9. The molecule has 0 saturated heterocycles. The second-order valence-electron chi connectivity index (χ2n) is 19.2. The molecule has 62 heavy (non-hydrogen) atoms. The fourth-order valence-electron chi connectivity index (χ4n) is 8.50. The second kappa shape index (κ2) is 24.8. The van der Waals surface area contributed by atoms with E-state index in [1.54, 1.807) is 0 Å². The molecule has 15 heteroatoms. The molecule has 0 aromatic heterocycles. The first-order valence-corrected chi connectivity index (χ1v) is 22.9. The van der Waals surface area contributed by atoms with Crippen LogP contribution in [0.15, 0.2) is 30.3 Å². The summed E-state index contributed by atoms with van der Waals surface area (Å²) in [5.74, 6) is -3.17. The molecular formula is C47H76N6O9. The van der Waals surface area contributed by atoms with Gasteiger partial charge >= 0.3 is 12.1 Å². The lowest BCUT2D eigenvalue weighted by Crippen LogP contribution is -2.66. The highest BCUT2D eigenvalue weighted by Gasteiger charge is 2.46. The normalized spacial score (nSPS) is 17.8. The molecule has 4 atom stereocenters. The molecular weight excluding hydrogens is 793 g/mol. The molecule has 0 bridgehead atoms. The molecule has 2 saturated carbocycles. The Morgan fingerprint density at radius 1 is 0.516 bits per heavy atom. The number of esters is 1. The molecule has 2 aliphatic carbocycles. The van der Waals surface area contributed by atoms with Crippen molar-refractivity contribution in [2.75, 3.05) is 7.11 Å². The monoisotopic (exact) mass is 869 g/mol. The number of amides is 6.